The van der Waals surface area contributed by atoms with Gasteiger partial charge < -0.3 is 5.32 Å². The summed E-state index contributed by atoms with van der Waals surface area (Å²) >= 11 is 1.14. The van der Waals surface area contributed by atoms with Gasteiger partial charge in [-0.05, 0) is 24.4 Å². The minimum absolute atomic E-state index is 0.0519. The first-order chi connectivity index (χ1) is 10.4. The molecule has 0 aliphatic rings. The van der Waals surface area contributed by atoms with Gasteiger partial charge in [-0.25, -0.2) is 18.1 Å². The Labute approximate surface area is 131 Å². The highest BCUT2D eigenvalue weighted by atomic mass is 32.2. The van der Waals surface area contributed by atoms with Crippen molar-refractivity contribution in [3.63, 3.8) is 0 Å². The Kier molecular flexibility index (Phi) is 5.06. The molecule has 2 N–H and O–H groups in total. The lowest BCUT2D eigenvalue weighted by Crippen LogP contribution is -2.28. The van der Waals surface area contributed by atoms with Crippen LogP contribution in [0.25, 0.3) is 0 Å². The highest BCUT2D eigenvalue weighted by Gasteiger charge is 2.14. The smallest absolute Gasteiger partial charge is 0.290 e. The molecule has 2 aromatic rings. The van der Waals surface area contributed by atoms with Crippen LogP contribution in [0.2, 0.25) is 0 Å². The van der Waals surface area contributed by atoms with E-state index in [0.29, 0.717) is 18.1 Å². The fraction of sp³-hybridized carbons (Fsp3) is 0.250. The monoisotopic (exact) mass is 342 g/mol. The van der Waals surface area contributed by atoms with Crippen molar-refractivity contribution < 1.29 is 13.3 Å². The van der Waals surface area contributed by atoms with Gasteiger partial charge in [0.25, 0.3) is 5.69 Å². The van der Waals surface area contributed by atoms with Crippen molar-refractivity contribution >= 4 is 32.9 Å². The molecule has 2 heterocycles. The van der Waals surface area contributed by atoms with Gasteiger partial charge in [-0.1, -0.05) is 6.07 Å². The van der Waals surface area contributed by atoms with Crippen LogP contribution in [0.5, 0.6) is 0 Å². The van der Waals surface area contributed by atoms with E-state index < -0.39 is 14.9 Å². The molecule has 2 rings (SSSR count). The maximum absolute atomic E-state index is 11.9. The molecule has 0 aromatic carbocycles. The summed E-state index contributed by atoms with van der Waals surface area (Å²) in [5.41, 5.74) is 0.248. The normalized spacial score (nSPS) is 11.3. The predicted molar refractivity (Wildman–Crippen MR) is 83.6 cm³/mol. The van der Waals surface area contributed by atoms with Crippen molar-refractivity contribution in [3.05, 3.63) is 45.5 Å². The molecular weight excluding hydrogens is 328 g/mol. The molecule has 0 spiro atoms. The molecular formula is C12H14N4O4S2. The number of nitrogens with zero attached hydrogens (tertiary/aromatic N) is 2. The lowest BCUT2D eigenvalue weighted by molar-refractivity contribution is -0.385. The highest BCUT2D eigenvalue weighted by Crippen LogP contribution is 2.17. The second kappa shape index (κ2) is 6.81. The molecule has 8 nitrogen and oxygen atoms in total. The molecule has 2 aromatic heterocycles. The molecule has 0 saturated carbocycles. The second-order valence-electron chi connectivity index (χ2n) is 4.31. The lowest BCUT2D eigenvalue weighted by Gasteiger charge is -2.07. The third-order valence-electron chi connectivity index (χ3n) is 2.74. The maximum Gasteiger partial charge on any atom is 0.290 e. The van der Waals surface area contributed by atoms with E-state index >= 15 is 0 Å². The van der Waals surface area contributed by atoms with Gasteiger partial charge in [0.2, 0.25) is 10.0 Å². The van der Waals surface area contributed by atoms with Crippen LogP contribution in [0.15, 0.2) is 33.9 Å². The van der Waals surface area contributed by atoms with E-state index in [4.69, 9.17) is 0 Å². The van der Waals surface area contributed by atoms with Crippen molar-refractivity contribution in [3.8, 4) is 0 Å². The van der Waals surface area contributed by atoms with Crippen molar-refractivity contribution in [2.45, 2.75) is 11.1 Å². The molecule has 0 unspecified atom stereocenters. The molecule has 0 amide bonds. The Morgan fingerprint density at radius 1 is 1.32 bits per heavy atom. The average molecular weight is 342 g/mol. The number of rotatable bonds is 7. The first-order valence-electron chi connectivity index (χ1n) is 6.29. The van der Waals surface area contributed by atoms with Gasteiger partial charge >= 0.3 is 0 Å². The third-order valence-corrected chi connectivity index (χ3v) is 5.60. The minimum atomic E-state index is -3.48. The SMILES string of the molecule is Cc1nc(NCCNS(=O)(=O)c2cccs2)ccc1[N+](=O)[O-]. The summed E-state index contributed by atoms with van der Waals surface area (Å²) in [5.74, 6) is 0.457. The molecule has 0 atom stereocenters. The molecule has 0 aliphatic carbocycles. The average Bonchev–Trinajstić information content (AvgIpc) is 2.98. The Hall–Kier alpha value is -2.04. The second-order valence-corrected chi connectivity index (χ2v) is 7.26. The number of hydrogen-bond acceptors (Lipinski definition) is 7. The first-order valence-corrected chi connectivity index (χ1v) is 8.65. The van der Waals surface area contributed by atoms with Gasteiger partial charge in [0, 0.05) is 19.2 Å². The van der Waals surface area contributed by atoms with E-state index in [2.05, 4.69) is 15.0 Å². The van der Waals surface area contributed by atoms with E-state index in [1.54, 1.807) is 18.4 Å². The third kappa shape index (κ3) is 4.00. The minimum Gasteiger partial charge on any atom is -0.369 e. The van der Waals surface area contributed by atoms with Crippen LogP contribution < -0.4 is 10.0 Å². The highest BCUT2D eigenvalue weighted by molar-refractivity contribution is 7.91. The van der Waals surface area contributed by atoms with Gasteiger partial charge in [-0.3, -0.25) is 10.1 Å². The van der Waals surface area contributed by atoms with Crippen molar-refractivity contribution in [1.82, 2.24) is 9.71 Å². The molecule has 0 radical (unpaired) electrons. The Balaban J connectivity index is 1.87. The summed E-state index contributed by atoms with van der Waals surface area (Å²) in [5, 5.41) is 15.3. The van der Waals surface area contributed by atoms with Crippen LogP contribution in [0.1, 0.15) is 5.69 Å². The Morgan fingerprint density at radius 2 is 2.09 bits per heavy atom. The van der Waals surface area contributed by atoms with Gasteiger partial charge in [-0.2, -0.15) is 0 Å². The lowest BCUT2D eigenvalue weighted by atomic mass is 10.3. The number of aromatic nitrogens is 1. The van der Waals surface area contributed by atoms with Crippen LogP contribution in [-0.2, 0) is 10.0 Å². The zero-order valence-corrected chi connectivity index (χ0v) is 13.3. The van der Waals surface area contributed by atoms with Crippen LogP contribution in [0.4, 0.5) is 11.5 Å². The molecule has 0 aliphatic heterocycles. The van der Waals surface area contributed by atoms with E-state index in [1.165, 1.54) is 18.2 Å². The van der Waals surface area contributed by atoms with Crippen LogP contribution >= 0.6 is 11.3 Å². The van der Waals surface area contributed by atoms with Crippen LogP contribution in [0.3, 0.4) is 0 Å². The van der Waals surface area contributed by atoms with Gasteiger partial charge in [0.15, 0.2) is 0 Å². The quantitative estimate of drug-likeness (QED) is 0.450. The number of pyridine rings is 1. The number of nitro groups is 1. The molecule has 22 heavy (non-hydrogen) atoms. The molecule has 10 heteroatoms. The van der Waals surface area contributed by atoms with Crippen LogP contribution in [-0.4, -0.2) is 31.4 Å². The zero-order chi connectivity index (χ0) is 16.2. The van der Waals surface area contributed by atoms with Gasteiger partial charge in [0.05, 0.1) is 4.92 Å². The predicted octanol–water partition coefficient (Wildman–Crippen LogP) is 1.75. The summed E-state index contributed by atoms with van der Waals surface area (Å²) in [6, 6.07) is 6.04. The largest absolute Gasteiger partial charge is 0.369 e. The van der Waals surface area contributed by atoms with E-state index in [9.17, 15) is 18.5 Å². The standard InChI is InChI=1S/C12H14N4O4S2/c1-9-10(16(17)18)4-5-11(15-9)13-6-7-14-22(19,20)12-3-2-8-21-12/h2-5,8,14H,6-7H2,1H3,(H,13,15). The van der Waals surface area contributed by atoms with Crippen molar-refractivity contribution in [2.75, 3.05) is 18.4 Å². The molecule has 0 bridgehead atoms. The number of thiophene rings is 1. The van der Waals surface area contributed by atoms with E-state index in [-0.39, 0.29) is 16.4 Å². The van der Waals surface area contributed by atoms with E-state index in [0.717, 1.165) is 11.3 Å². The van der Waals surface area contributed by atoms with Crippen LogP contribution in [0, 0.1) is 17.0 Å². The van der Waals surface area contributed by atoms with Crippen molar-refractivity contribution in [1.29, 1.82) is 0 Å². The van der Waals surface area contributed by atoms with Crippen molar-refractivity contribution in [2.24, 2.45) is 0 Å². The number of sulfonamides is 1. The Bertz CT molecular complexity index is 759. The fourth-order valence-corrected chi connectivity index (χ4v) is 3.78. The fourth-order valence-electron chi connectivity index (χ4n) is 1.71. The first kappa shape index (κ1) is 16.3. The summed E-state index contributed by atoms with van der Waals surface area (Å²) in [7, 11) is -3.48. The van der Waals surface area contributed by atoms with E-state index in [1.807, 2.05) is 0 Å². The molecule has 0 fully saturated rings. The topological polar surface area (TPSA) is 114 Å². The number of nitrogens with one attached hydrogen (secondary N) is 2. The Morgan fingerprint density at radius 3 is 2.68 bits per heavy atom. The summed E-state index contributed by atoms with van der Waals surface area (Å²) in [6.07, 6.45) is 0. The summed E-state index contributed by atoms with van der Waals surface area (Å²) in [4.78, 5) is 14.2. The summed E-state index contributed by atoms with van der Waals surface area (Å²) < 4.78 is 26.4. The number of aryl methyl sites for hydroxylation is 1. The summed E-state index contributed by atoms with van der Waals surface area (Å²) in [6.45, 7) is 2.04. The molecule has 0 saturated heterocycles. The number of anilines is 1. The van der Waals surface area contributed by atoms with Gasteiger partial charge in [0.1, 0.15) is 15.7 Å². The molecule has 118 valence electrons. The maximum atomic E-state index is 11.9. The van der Waals surface area contributed by atoms with Gasteiger partial charge in [-0.15, -0.1) is 11.3 Å². The zero-order valence-electron chi connectivity index (χ0n) is 11.6. The number of hydrogen-bond donors (Lipinski definition) is 2.